The number of carbonyl (C=O) groups is 1. The maximum absolute atomic E-state index is 11.6. The van der Waals surface area contributed by atoms with Crippen molar-refractivity contribution in [1.82, 2.24) is 0 Å². The molecule has 1 atom stereocenters. The molecule has 0 saturated carbocycles. The Kier molecular flexibility index (Phi) is 8.38. The summed E-state index contributed by atoms with van der Waals surface area (Å²) >= 11 is 3.46. The van der Waals surface area contributed by atoms with Gasteiger partial charge in [0.1, 0.15) is 5.75 Å². The molecule has 0 fully saturated rings. The van der Waals surface area contributed by atoms with Crippen LogP contribution in [0.1, 0.15) is 38.7 Å². The summed E-state index contributed by atoms with van der Waals surface area (Å²) < 4.78 is 11.5. The molecule has 2 N–H and O–H groups in total. The van der Waals surface area contributed by atoms with E-state index in [-0.39, 0.29) is 18.6 Å². The summed E-state index contributed by atoms with van der Waals surface area (Å²) in [7, 11) is 0. The van der Waals surface area contributed by atoms with Gasteiger partial charge in [-0.05, 0) is 46.8 Å². The van der Waals surface area contributed by atoms with Crippen LogP contribution in [0.25, 0.3) is 0 Å². The molecule has 1 aromatic carbocycles. The molecule has 0 aliphatic heterocycles. The Labute approximate surface area is 135 Å². The van der Waals surface area contributed by atoms with Crippen molar-refractivity contribution in [2.75, 3.05) is 13.2 Å². The molecule has 0 amide bonds. The molecule has 1 rings (SSSR count). The van der Waals surface area contributed by atoms with Crippen LogP contribution < -0.4 is 10.5 Å². The molecular formula is C16H24BrNO3. The number of carbonyl (C=O) groups excluding carboxylic acids is 1. The second-order valence-corrected chi connectivity index (χ2v) is 5.82. The highest BCUT2D eigenvalue weighted by Crippen LogP contribution is 2.30. The van der Waals surface area contributed by atoms with E-state index in [1.54, 1.807) is 0 Å². The summed E-state index contributed by atoms with van der Waals surface area (Å²) in [4.78, 5) is 11.6. The maximum Gasteiger partial charge on any atom is 0.344 e. The van der Waals surface area contributed by atoms with Gasteiger partial charge in [0, 0.05) is 6.04 Å². The molecule has 0 aromatic heterocycles. The molecule has 5 heteroatoms. The fraction of sp³-hybridized carbons (Fsp3) is 0.562. The third-order valence-electron chi connectivity index (χ3n) is 3.15. The van der Waals surface area contributed by atoms with E-state index in [1.807, 2.05) is 25.1 Å². The lowest BCUT2D eigenvalue weighted by Crippen LogP contribution is -2.22. The highest BCUT2D eigenvalue weighted by atomic mass is 79.9. The van der Waals surface area contributed by atoms with Crippen molar-refractivity contribution in [2.45, 2.75) is 45.6 Å². The second-order valence-electron chi connectivity index (χ2n) is 4.96. The van der Waals surface area contributed by atoms with Crippen molar-refractivity contribution in [1.29, 1.82) is 0 Å². The molecule has 0 spiro atoms. The lowest BCUT2D eigenvalue weighted by Gasteiger charge is -2.15. The average Bonchev–Trinajstić information content (AvgIpc) is 2.46. The van der Waals surface area contributed by atoms with Crippen LogP contribution in [0.5, 0.6) is 5.75 Å². The normalized spacial score (nSPS) is 12.0. The van der Waals surface area contributed by atoms with Crippen molar-refractivity contribution in [3.05, 3.63) is 28.2 Å². The van der Waals surface area contributed by atoms with Gasteiger partial charge in [0.15, 0.2) is 6.61 Å². The highest BCUT2D eigenvalue weighted by molar-refractivity contribution is 9.10. The molecule has 0 heterocycles. The number of nitrogens with two attached hydrogens (primary N) is 1. The Bertz CT molecular complexity index is 451. The van der Waals surface area contributed by atoms with Gasteiger partial charge in [-0.3, -0.25) is 0 Å². The molecule has 1 aromatic rings. The standard InChI is InChI=1S/C16H24BrNO3/c1-3-5-9-20-15(19)11-21-16-12(10-13(18)4-2)7-6-8-14(16)17/h6-8,13H,3-5,9-11,18H2,1-2H3. The fourth-order valence-corrected chi connectivity index (χ4v) is 2.33. The summed E-state index contributed by atoms with van der Waals surface area (Å²) in [6.45, 7) is 4.46. The van der Waals surface area contributed by atoms with Gasteiger partial charge in [-0.2, -0.15) is 0 Å². The largest absolute Gasteiger partial charge is 0.480 e. The summed E-state index contributed by atoms with van der Waals surface area (Å²) in [5.74, 6) is 0.332. The van der Waals surface area contributed by atoms with Crippen LogP contribution in [-0.2, 0) is 16.0 Å². The van der Waals surface area contributed by atoms with Gasteiger partial charge in [0.2, 0.25) is 0 Å². The Balaban J connectivity index is 2.62. The summed E-state index contributed by atoms with van der Waals surface area (Å²) in [5, 5.41) is 0. The Morgan fingerprint density at radius 1 is 1.38 bits per heavy atom. The lowest BCUT2D eigenvalue weighted by atomic mass is 10.0. The van der Waals surface area contributed by atoms with Crippen molar-refractivity contribution >= 4 is 21.9 Å². The molecule has 1 unspecified atom stereocenters. The minimum atomic E-state index is -0.343. The lowest BCUT2D eigenvalue weighted by molar-refractivity contribution is -0.146. The third kappa shape index (κ3) is 6.48. The fourth-order valence-electron chi connectivity index (χ4n) is 1.81. The van der Waals surface area contributed by atoms with Gasteiger partial charge in [0.25, 0.3) is 0 Å². The molecule has 0 radical (unpaired) electrons. The Morgan fingerprint density at radius 2 is 2.14 bits per heavy atom. The number of benzene rings is 1. The second kappa shape index (κ2) is 9.79. The van der Waals surface area contributed by atoms with Gasteiger partial charge < -0.3 is 15.2 Å². The number of halogens is 1. The first-order valence-electron chi connectivity index (χ1n) is 7.39. The molecule has 21 heavy (non-hydrogen) atoms. The number of hydrogen-bond acceptors (Lipinski definition) is 4. The zero-order valence-electron chi connectivity index (χ0n) is 12.7. The van der Waals surface area contributed by atoms with Crippen LogP contribution in [0.4, 0.5) is 0 Å². The van der Waals surface area contributed by atoms with Gasteiger partial charge in [0.05, 0.1) is 11.1 Å². The summed E-state index contributed by atoms with van der Waals surface area (Å²) in [6, 6.07) is 5.88. The minimum absolute atomic E-state index is 0.0816. The zero-order valence-corrected chi connectivity index (χ0v) is 14.3. The van der Waals surface area contributed by atoms with Crippen LogP contribution in [0, 0.1) is 0 Å². The first-order valence-corrected chi connectivity index (χ1v) is 8.19. The third-order valence-corrected chi connectivity index (χ3v) is 3.77. The predicted octanol–water partition coefficient (Wildman–Crippen LogP) is 3.45. The number of para-hydroxylation sites is 1. The molecule has 0 bridgehead atoms. The Hall–Kier alpha value is -1.07. The van der Waals surface area contributed by atoms with Gasteiger partial charge in [-0.25, -0.2) is 4.79 Å². The molecule has 0 aliphatic rings. The Morgan fingerprint density at radius 3 is 2.81 bits per heavy atom. The number of esters is 1. The van der Waals surface area contributed by atoms with Gasteiger partial charge in [-0.1, -0.05) is 32.4 Å². The van der Waals surface area contributed by atoms with E-state index in [0.717, 1.165) is 35.7 Å². The van der Waals surface area contributed by atoms with Crippen molar-refractivity contribution in [3.63, 3.8) is 0 Å². The summed E-state index contributed by atoms with van der Waals surface area (Å²) in [5.41, 5.74) is 7.00. The van der Waals surface area contributed by atoms with Crippen molar-refractivity contribution in [3.8, 4) is 5.75 Å². The van der Waals surface area contributed by atoms with E-state index >= 15 is 0 Å². The van der Waals surface area contributed by atoms with E-state index in [0.29, 0.717) is 12.4 Å². The van der Waals surface area contributed by atoms with Gasteiger partial charge >= 0.3 is 5.97 Å². The smallest absolute Gasteiger partial charge is 0.344 e. The van der Waals surface area contributed by atoms with E-state index in [1.165, 1.54) is 0 Å². The molecule has 4 nitrogen and oxygen atoms in total. The van der Waals surface area contributed by atoms with E-state index in [9.17, 15) is 4.79 Å². The summed E-state index contributed by atoms with van der Waals surface area (Å²) in [6.07, 6.45) is 3.48. The van der Waals surface area contributed by atoms with E-state index < -0.39 is 0 Å². The maximum atomic E-state index is 11.6. The molecular weight excluding hydrogens is 334 g/mol. The van der Waals surface area contributed by atoms with E-state index in [2.05, 4.69) is 22.9 Å². The van der Waals surface area contributed by atoms with E-state index in [4.69, 9.17) is 15.2 Å². The number of hydrogen-bond donors (Lipinski definition) is 1. The predicted molar refractivity (Wildman–Crippen MR) is 87.5 cm³/mol. The number of ether oxygens (including phenoxy) is 2. The monoisotopic (exact) mass is 357 g/mol. The van der Waals surface area contributed by atoms with Gasteiger partial charge in [-0.15, -0.1) is 0 Å². The molecule has 0 aliphatic carbocycles. The number of rotatable bonds is 9. The number of unbranched alkanes of at least 4 members (excludes halogenated alkanes) is 1. The first kappa shape index (κ1) is 18.0. The van der Waals surface area contributed by atoms with Crippen molar-refractivity contribution in [2.24, 2.45) is 5.73 Å². The zero-order chi connectivity index (χ0) is 15.7. The topological polar surface area (TPSA) is 61.5 Å². The SMILES string of the molecule is CCCCOC(=O)COc1c(Br)cccc1CC(N)CC. The first-order chi connectivity index (χ1) is 10.1. The molecule has 0 saturated heterocycles. The van der Waals surface area contributed by atoms with Crippen LogP contribution in [-0.4, -0.2) is 25.2 Å². The minimum Gasteiger partial charge on any atom is -0.480 e. The average molecular weight is 358 g/mol. The van der Waals surface area contributed by atoms with Crippen LogP contribution in [0.3, 0.4) is 0 Å². The van der Waals surface area contributed by atoms with Crippen LogP contribution >= 0.6 is 15.9 Å². The highest BCUT2D eigenvalue weighted by Gasteiger charge is 2.13. The van der Waals surface area contributed by atoms with Crippen molar-refractivity contribution < 1.29 is 14.3 Å². The van der Waals surface area contributed by atoms with Crippen LogP contribution in [0.15, 0.2) is 22.7 Å². The quantitative estimate of drug-likeness (QED) is 0.543. The molecule has 118 valence electrons. The van der Waals surface area contributed by atoms with Crippen LogP contribution in [0.2, 0.25) is 0 Å².